The Morgan fingerprint density at radius 2 is 2.46 bits per heavy atom. The minimum absolute atomic E-state index is 0.247. The normalized spacial score (nSPS) is 38.0. The zero-order valence-electron chi connectivity index (χ0n) is 7.95. The Balaban J connectivity index is 1.87. The number of hydrogen-bond donors (Lipinski definition) is 1. The standard InChI is InChI=1S/C10H16O3/c1-2-13-9-5-10(11,6-9)8-3-4-12-7-8/h7,9,11H,2-6H2,1H3. The van der Waals surface area contributed by atoms with Gasteiger partial charge in [0.25, 0.3) is 0 Å². The van der Waals surface area contributed by atoms with Crippen LogP contribution in [0.2, 0.25) is 0 Å². The molecule has 3 heteroatoms. The predicted octanol–water partition coefficient (Wildman–Crippen LogP) is 1.22. The first kappa shape index (κ1) is 9.03. The molecular formula is C10H16O3. The average Bonchev–Trinajstić information content (AvgIpc) is 2.53. The number of hydrogen-bond acceptors (Lipinski definition) is 3. The summed E-state index contributed by atoms with van der Waals surface area (Å²) in [6.07, 6.45) is 4.29. The molecule has 0 aromatic heterocycles. The molecule has 0 bridgehead atoms. The summed E-state index contributed by atoms with van der Waals surface area (Å²) in [7, 11) is 0. The average molecular weight is 184 g/mol. The Labute approximate surface area is 78.3 Å². The second-order valence-corrected chi connectivity index (χ2v) is 3.78. The highest BCUT2D eigenvalue weighted by molar-refractivity contribution is 5.22. The van der Waals surface area contributed by atoms with Crippen LogP contribution < -0.4 is 0 Å². The minimum atomic E-state index is -0.615. The van der Waals surface area contributed by atoms with Gasteiger partial charge in [-0.25, -0.2) is 0 Å². The monoisotopic (exact) mass is 184 g/mol. The molecule has 2 aliphatic rings. The molecule has 0 radical (unpaired) electrons. The lowest BCUT2D eigenvalue weighted by atomic mass is 9.72. The largest absolute Gasteiger partial charge is 0.501 e. The van der Waals surface area contributed by atoms with E-state index in [1.165, 1.54) is 0 Å². The van der Waals surface area contributed by atoms with Gasteiger partial charge in [0.1, 0.15) is 0 Å². The zero-order chi connectivity index (χ0) is 9.31. The van der Waals surface area contributed by atoms with Crippen LogP contribution in [-0.4, -0.2) is 30.0 Å². The van der Waals surface area contributed by atoms with Gasteiger partial charge in [-0.1, -0.05) is 0 Å². The molecule has 74 valence electrons. The highest BCUT2D eigenvalue weighted by Crippen LogP contribution is 2.42. The molecular weight excluding hydrogens is 168 g/mol. The second kappa shape index (κ2) is 3.31. The van der Waals surface area contributed by atoms with Gasteiger partial charge < -0.3 is 14.6 Å². The van der Waals surface area contributed by atoms with Gasteiger partial charge in [0, 0.05) is 25.9 Å². The van der Waals surface area contributed by atoms with Crippen LogP contribution in [0.4, 0.5) is 0 Å². The maximum Gasteiger partial charge on any atom is 0.0939 e. The Bertz CT molecular complexity index is 216. The smallest absolute Gasteiger partial charge is 0.0939 e. The van der Waals surface area contributed by atoms with Crippen molar-refractivity contribution in [3.63, 3.8) is 0 Å². The molecule has 1 heterocycles. The summed E-state index contributed by atoms with van der Waals surface area (Å²) in [5.41, 5.74) is 0.430. The van der Waals surface area contributed by atoms with E-state index in [0.717, 1.165) is 38.0 Å². The van der Waals surface area contributed by atoms with E-state index in [1.54, 1.807) is 6.26 Å². The van der Waals surface area contributed by atoms with Crippen molar-refractivity contribution >= 4 is 0 Å². The van der Waals surface area contributed by atoms with Crippen LogP contribution in [0.15, 0.2) is 11.8 Å². The molecule has 1 N–H and O–H groups in total. The van der Waals surface area contributed by atoms with Crippen molar-refractivity contribution in [1.29, 1.82) is 0 Å². The summed E-state index contributed by atoms with van der Waals surface area (Å²) in [6, 6.07) is 0. The van der Waals surface area contributed by atoms with Crippen molar-refractivity contribution in [2.75, 3.05) is 13.2 Å². The molecule has 1 aliphatic carbocycles. The number of rotatable bonds is 3. The Hall–Kier alpha value is -0.540. The molecule has 3 nitrogen and oxygen atoms in total. The van der Waals surface area contributed by atoms with Gasteiger partial charge in [-0.2, -0.15) is 0 Å². The van der Waals surface area contributed by atoms with Crippen LogP contribution in [-0.2, 0) is 9.47 Å². The molecule has 13 heavy (non-hydrogen) atoms. The molecule has 0 saturated heterocycles. The van der Waals surface area contributed by atoms with Crippen LogP contribution in [0.3, 0.4) is 0 Å². The van der Waals surface area contributed by atoms with E-state index >= 15 is 0 Å². The first-order chi connectivity index (χ1) is 6.24. The van der Waals surface area contributed by atoms with Crippen LogP contribution in [0.1, 0.15) is 26.2 Å². The molecule has 0 aromatic carbocycles. The van der Waals surface area contributed by atoms with Crippen molar-refractivity contribution in [1.82, 2.24) is 0 Å². The van der Waals surface area contributed by atoms with Crippen LogP contribution in [0.25, 0.3) is 0 Å². The zero-order valence-corrected chi connectivity index (χ0v) is 7.95. The van der Waals surface area contributed by atoms with Gasteiger partial charge >= 0.3 is 0 Å². The van der Waals surface area contributed by atoms with E-state index in [2.05, 4.69) is 0 Å². The number of ether oxygens (including phenoxy) is 2. The fourth-order valence-electron chi connectivity index (χ4n) is 2.04. The van der Waals surface area contributed by atoms with Gasteiger partial charge in [0.15, 0.2) is 0 Å². The third kappa shape index (κ3) is 1.58. The summed E-state index contributed by atoms with van der Waals surface area (Å²) in [6.45, 7) is 3.43. The van der Waals surface area contributed by atoms with Crippen molar-refractivity contribution in [3.05, 3.63) is 11.8 Å². The molecule has 0 unspecified atom stereocenters. The predicted molar refractivity (Wildman–Crippen MR) is 48.2 cm³/mol. The summed E-state index contributed by atoms with van der Waals surface area (Å²) >= 11 is 0. The quantitative estimate of drug-likeness (QED) is 0.716. The molecule has 1 aliphatic heterocycles. The van der Waals surface area contributed by atoms with E-state index in [0.29, 0.717) is 0 Å². The lowest BCUT2D eigenvalue weighted by Crippen LogP contribution is -2.49. The molecule has 2 rings (SSSR count). The lowest BCUT2D eigenvalue weighted by molar-refractivity contribution is -0.116. The molecule has 1 fully saturated rings. The van der Waals surface area contributed by atoms with Gasteiger partial charge in [-0.15, -0.1) is 0 Å². The maximum absolute atomic E-state index is 10.1. The second-order valence-electron chi connectivity index (χ2n) is 3.78. The molecule has 0 spiro atoms. The third-order valence-corrected chi connectivity index (χ3v) is 2.85. The van der Waals surface area contributed by atoms with Gasteiger partial charge in [-0.05, 0) is 12.5 Å². The highest BCUT2D eigenvalue weighted by Gasteiger charge is 2.46. The Kier molecular flexibility index (Phi) is 2.30. The first-order valence-corrected chi connectivity index (χ1v) is 4.90. The Morgan fingerprint density at radius 1 is 1.69 bits per heavy atom. The van der Waals surface area contributed by atoms with E-state index in [1.807, 2.05) is 6.92 Å². The lowest BCUT2D eigenvalue weighted by Gasteiger charge is -2.43. The number of aliphatic hydroxyl groups is 1. The first-order valence-electron chi connectivity index (χ1n) is 4.90. The highest BCUT2D eigenvalue weighted by atomic mass is 16.5. The van der Waals surface area contributed by atoms with Crippen molar-refractivity contribution in [3.8, 4) is 0 Å². The maximum atomic E-state index is 10.1. The van der Waals surface area contributed by atoms with Gasteiger partial charge in [0.05, 0.1) is 24.6 Å². The topological polar surface area (TPSA) is 38.7 Å². The van der Waals surface area contributed by atoms with E-state index in [9.17, 15) is 5.11 Å². The van der Waals surface area contributed by atoms with E-state index < -0.39 is 5.60 Å². The van der Waals surface area contributed by atoms with E-state index in [4.69, 9.17) is 9.47 Å². The minimum Gasteiger partial charge on any atom is -0.501 e. The summed E-state index contributed by atoms with van der Waals surface area (Å²) in [4.78, 5) is 0. The summed E-state index contributed by atoms with van der Waals surface area (Å²) in [5.74, 6) is 0. The van der Waals surface area contributed by atoms with Crippen molar-refractivity contribution in [2.24, 2.45) is 0 Å². The Morgan fingerprint density at radius 3 is 3.00 bits per heavy atom. The van der Waals surface area contributed by atoms with Gasteiger partial charge in [0.2, 0.25) is 0 Å². The molecule has 0 amide bonds. The van der Waals surface area contributed by atoms with Crippen LogP contribution in [0.5, 0.6) is 0 Å². The molecule has 1 saturated carbocycles. The molecule has 0 aromatic rings. The van der Waals surface area contributed by atoms with Crippen molar-refractivity contribution < 1.29 is 14.6 Å². The summed E-state index contributed by atoms with van der Waals surface area (Å²) in [5, 5.41) is 10.1. The summed E-state index contributed by atoms with van der Waals surface area (Å²) < 4.78 is 10.5. The van der Waals surface area contributed by atoms with Crippen LogP contribution >= 0.6 is 0 Å². The third-order valence-electron chi connectivity index (χ3n) is 2.85. The van der Waals surface area contributed by atoms with Crippen molar-refractivity contribution in [2.45, 2.75) is 37.9 Å². The molecule has 0 atom stereocenters. The fraction of sp³-hybridized carbons (Fsp3) is 0.800. The van der Waals surface area contributed by atoms with Crippen LogP contribution in [0, 0.1) is 0 Å². The SMILES string of the molecule is CCOC1CC(O)(C2=COCC2)C1. The van der Waals surface area contributed by atoms with Gasteiger partial charge in [-0.3, -0.25) is 0 Å². The fourth-order valence-corrected chi connectivity index (χ4v) is 2.04. The van der Waals surface area contributed by atoms with E-state index in [-0.39, 0.29) is 6.10 Å².